The molecule has 0 aliphatic rings. The van der Waals surface area contributed by atoms with Crippen molar-refractivity contribution >= 4 is 21.5 Å². The van der Waals surface area contributed by atoms with Gasteiger partial charge in [0.1, 0.15) is 0 Å². The molecule has 4 aromatic rings. The van der Waals surface area contributed by atoms with Crippen LogP contribution in [-0.4, -0.2) is 0 Å². The summed E-state index contributed by atoms with van der Waals surface area (Å²) in [4.78, 5) is 0. The summed E-state index contributed by atoms with van der Waals surface area (Å²) in [6, 6.07) is 28.9. The summed E-state index contributed by atoms with van der Waals surface area (Å²) >= 11 is 0. The maximum atomic E-state index is 3.18. The van der Waals surface area contributed by atoms with Gasteiger partial charge < -0.3 is 0 Å². The highest BCUT2D eigenvalue weighted by Gasteiger charge is 1.96. The zero-order valence-electron chi connectivity index (χ0n) is 13.1. The third kappa shape index (κ3) is 2.74. The first-order valence-corrected chi connectivity index (χ1v) is 7.89. The summed E-state index contributed by atoms with van der Waals surface area (Å²) < 4.78 is 0. The molecule has 0 heteroatoms. The monoisotopic (exact) mass is 302 g/mol. The zero-order valence-corrected chi connectivity index (χ0v) is 13.1. The van der Waals surface area contributed by atoms with Gasteiger partial charge in [-0.15, -0.1) is 0 Å². The molecule has 0 aliphatic heterocycles. The Balaban J connectivity index is 1.71. The van der Waals surface area contributed by atoms with Crippen molar-refractivity contribution in [3.63, 3.8) is 0 Å². The van der Waals surface area contributed by atoms with Gasteiger partial charge in [-0.1, -0.05) is 84.6 Å². The Morgan fingerprint density at radius 3 is 1.33 bits per heavy atom. The Labute approximate surface area is 141 Å². The summed E-state index contributed by atoms with van der Waals surface area (Å²) in [5, 5.41) is 4.73. The molecule has 0 aromatic heterocycles. The molecule has 0 unspecified atom stereocenters. The molecule has 110 valence electrons. The summed E-state index contributed by atoms with van der Waals surface area (Å²) in [6.07, 6.45) is 0. The van der Waals surface area contributed by atoms with Crippen LogP contribution in [-0.2, 0) is 0 Å². The molecule has 24 heavy (non-hydrogen) atoms. The highest BCUT2D eigenvalue weighted by atomic mass is 14.0. The van der Waals surface area contributed by atoms with Crippen molar-refractivity contribution in [2.24, 2.45) is 0 Å². The van der Waals surface area contributed by atoms with Gasteiger partial charge in [-0.25, -0.2) is 0 Å². The molecule has 0 heterocycles. The van der Waals surface area contributed by atoms with Gasteiger partial charge in [0.05, 0.1) is 0 Å². The SMILES string of the molecule is C(C#Cc1cccc2ccccc12)#Cc1cccc2ccccc12. The van der Waals surface area contributed by atoms with E-state index in [0.717, 1.165) is 11.1 Å². The first-order valence-electron chi connectivity index (χ1n) is 7.89. The maximum absolute atomic E-state index is 3.18. The largest absolute Gasteiger partial charge is 0.0616 e. The van der Waals surface area contributed by atoms with Crippen LogP contribution in [0.2, 0.25) is 0 Å². The molecule has 0 N–H and O–H groups in total. The van der Waals surface area contributed by atoms with Crippen LogP contribution in [0, 0.1) is 23.7 Å². The fourth-order valence-electron chi connectivity index (χ4n) is 2.87. The molecule has 0 nitrogen and oxygen atoms in total. The van der Waals surface area contributed by atoms with E-state index in [1.165, 1.54) is 21.5 Å². The van der Waals surface area contributed by atoms with Gasteiger partial charge in [-0.2, -0.15) is 0 Å². The number of rotatable bonds is 0. The minimum absolute atomic E-state index is 1.01. The standard InChI is InChI=1S/C24H14/c1(9-19-13-7-15-21-11-3-5-17-23(19)21)2-10-20-14-8-16-22-12-4-6-18-24(20)22/h3-8,11-18H. The second-order valence-electron chi connectivity index (χ2n) is 5.55. The van der Waals surface area contributed by atoms with E-state index < -0.39 is 0 Å². The van der Waals surface area contributed by atoms with E-state index in [0.29, 0.717) is 0 Å². The van der Waals surface area contributed by atoms with Crippen molar-refractivity contribution in [3.8, 4) is 23.7 Å². The normalized spacial score (nSPS) is 9.83. The highest BCUT2D eigenvalue weighted by Crippen LogP contribution is 2.18. The quantitative estimate of drug-likeness (QED) is 0.382. The smallest absolute Gasteiger partial charge is 0.0334 e. The third-order valence-corrected chi connectivity index (χ3v) is 4.04. The van der Waals surface area contributed by atoms with E-state index in [-0.39, 0.29) is 0 Å². The Bertz CT molecular complexity index is 1050. The first-order chi connectivity index (χ1) is 11.9. The summed E-state index contributed by atoms with van der Waals surface area (Å²) in [7, 11) is 0. The van der Waals surface area contributed by atoms with Crippen LogP contribution in [0.5, 0.6) is 0 Å². The fraction of sp³-hybridized carbons (Fsp3) is 0. The van der Waals surface area contributed by atoms with E-state index in [2.05, 4.69) is 60.1 Å². The average Bonchev–Trinajstić information content (AvgIpc) is 2.65. The molecule has 4 rings (SSSR count). The van der Waals surface area contributed by atoms with Crippen molar-refractivity contribution in [1.29, 1.82) is 0 Å². The second-order valence-corrected chi connectivity index (χ2v) is 5.55. The maximum Gasteiger partial charge on any atom is 0.0334 e. The minimum Gasteiger partial charge on any atom is -0.0616 e. The third-order valence-electron chi connectivity index (χ3n) is 4.04. The van der Waals surface area contributed by atoms with Crippen molar-refractivity contribution in [1.82, 2.24) is 0 Å². The summed E-state index contributed by atoms with van der Waals surface area (Å²) in [5.74, 6) is 12.4. The van der Waals surface area contributed by atoms with Gasteiger partial charge >= 0.3 is 0 Å². The van der Waals surface area contributed by atoms with Gasteiger partial charge in [-0.05, 0) is 45.5 Å². The summed E-state index contributed by atoms with van der Waals surface area (Å²) in [5.41, 5.74) is 2.03. The number of benzene rings is 4. The number of fused-ring (bicyclic) bond motifs is 2. The zero-order chi connectivity index (χ0) is 16.2. The molecule has 0 saturated heterocycles. The highest BCUT2D eigenvalue weighted by molar-refractivity contribution is 5.89. The topological polar surface area (TPSA) is 0 Å². The first kappa shape index (κ1) is 14.1. The predicted octanol–water partition coefficient (Wildman–Crippen LogP) is 5.40. The molecule has 0 fully saturated rings. The molecule has 4 aromatic carbocycles. The van der Waals surface area contributed by atoms with Crippen LogP contribution in [0.1, 0.15) is 11.1 Å². The minimum atomic E-state index is 1.01. The number of hydrogen-bond donors (Lipinski definition) is 0. The molecular formula is C24H14. The fourth-order valence-corrected chi connectivity index (χ4v) is 2.87. The lowest BCUT2D eigenvalue weighted by atomic mass is 10.0. The van der Waals surface area contributed by atoms with Crippen LogP contribution in [0.4, 0.5) is 0 Å². The van der Waals surface area contributed by atoms with Gasteiger partial charge in [0, 0.05) is 11.1 Å². The molecule has 0 atom stereocenters. The molecule has 0 spiro atoms. The van der Waals surface area contributed by atoms with E-state index in [1.54, 1.807) is 0 Å². The van der Waals surface area contributed by atoms with E-state index in [1.807, 2.05) is 48.5 Å². The molecule has 0 radical (unpaired) electrons. The van der Waals surface area contributed by atoms with Crippen LogP contribution >= 0.6 is 0 Å². The van der Waals surface area contributed by atoms with Crippen LogP contribution in [0.25, 0.3) is 21.5 Å². The Morgan fingerprint density at radius 2 is 0.833 bits per heavy atom. The molecule has 0 amide bonds. The summed E-state index contributed by atoms with van der Waals surface area (Å²) in [6.45, 7) is 0. The van der Waals surface area contributed by atoms with E-state index in [4.69, 9.17) is 0 Å². The molecule has 0 saturated carbocycles. The van der Waals surface area contributed by atoms with E-state index >= 15 is 0 Å². The van der Waals surface area contributed by atoms with Crippen LogP contribution in [0.3, 0.4) is 0 Å². The Hall–Kier alpha value is -3.48. The Morgan fingerprint density at radius 1 is 0.417 bits per heavy atom. The van der Waals surface area contributed by atoms with Crippen molar-refractivity contribution in [3.05, 3.63) is 96.1 Å². The van der Waals surface area contributed by atoms with Crippen molar-refractivity contribution < 1.29 is 0 Å². The van der Waals surface area contributed by atoms with Gasteiger partial charge in [0.25, 0.3) is 0 Å². The van der Waals surface area contributed by atoms with Crippen LogP contribution < -0.4 is 0 Å². The molecule has 0 aliphatic carbocycles. The lowest BCUT2D eigenvalue weighted by molar-refractivity contribution is 1.70. The Kier molecular flexibility index (Phi) is 3.73. The van der Waals surface area contributed by atoms with Crippen LogP contribution in [0.15, 0.2) is 84.9 Å². The van der Waals surface area contributed by atoms with Gasteiger partial charge in [-0.3, -0.25) is 0 Å². The van der Waals surface area contributed by atoms with Crippen molar-refractivity contribution in [2.45, 2.75) is 0 Å². The average molecular weight is 302 g/mol. The predicted molar refractivity (Wildman–Crippen MR) is 102 cm³/mol. The van der Waals surface area contributed by atoms with Gasteiger partial charge in [0.15, 0.2) is 0 Å². The van der Waals surface area contributed by atoms with E-state index in [9.17, 15) is 0 Å². The lowest BCUT2D eigenvalue weighted by Gasteiger charge is -1.99. The molecular weight excluding hydrogens is 288 g/mol. The number of hydrogen-bond acceptors (Lipinski definition) is 0. The lowest BCUT2D eigenvalue weighted by Crippen LogP contribution is -1.79. The van der Waals surface area contributed by atoms with Gasteiger partial charge in [0.2, 0.25) is 0 Å². The van der Waals surface area contributed by atoms with Crippen molar-refractivity contribution in [2.75, 3.05) is 0 Å². The second kappa shape index (κ2) is 6.33. The molecule has 0 bridgehead atoms.